The van der Waals surface area contributed by atoms with Crippen molar-refractivity contribution < 1.29 is 14.3 Å². The van der Waals surface area contributed by atoms with Gasteiger partial charge in [0.05, 0.1) is 12.7 Å². The van der Waals surface area contributed by atoms with Gasteiger partial charge < -0.3 is 10.1 Å². The van der Waals surface area contributed by atoms with Gasteiger partial charge in [-0.05, 0) is 13.8 Å². The van der Waals surface area contributed by atoms with Crippen molar-refractivity contribution in [2.24, 2.45) is 0 Å². The van der Waals surface area contributed by atoms with Gasteiger partial charge in [0.25, 0.3) is 0 Å². The van der Waals surface area contributed by atoms with Gasteiger partial charge in [-0.2, -0.15) is 0 Å². The minimum absolute atomic E-state index is 0.132. The molecule has 0 aromatic carbocycles. The normalized spacial score (nSPS) is 10.1. The Kier molecular flexibility index (Phi) is 8.04. The summed E-state index contributed by atoms with van der Waals surface area (Å²) in [5.41, 5.74) is 0. The Morgan fingerprint density at radius 2 is 2.07 bits per heavy atom. The molecule has 0 bridgehead atoms. The number of urea groups is 1. The molecular formula is C9H17ClN2O3. The van der Waals surface area contributed by atoms with Crippen molar-refractivity contribution in [2.75, 3.05) is 19.0 Å². The Labute approximate surface area is 94.5 Å². The maximum absolute atomic E-state index is 11.0. The van der Waals surface area contributed by atoms with E-state index in [9.17, 15) is 9.59 Å². The highest BCUT2D eigenvalue weighted by atomic mass is 35.5. The van der Waals surface area contributed by atoms with E-state index in [1.54, 1.807) is 0 Å². The van der Waals surface area contributed by atoms with Crippen LogP contribution in [0.4, 0.5) is 4.79 Å². The van der Waals surface area contributed by atoms with Crippen molar-refractivity contribution in [3.8, 4) is 0 Å². The lowest BCUT2D eigenvalue weighted by molar-refractivity contribution is -0.119. The standard InChI is InChI=1S/C9H17ClN2O3/c1-7(2)15-6-5-11-9(14)12-8(13)3-4-10/h7H,3-6H2,1-2H3,(H2,11,12,13,14). The molecule has 3 amide bonds. The Morgan fingerprint density at radius 3 is 2.60 bits per heavy atom. The minimum Gasteiger partial charge on any atom is -0.377 e. The second-order valence-corrected chi connectivity index (χ2v) is 3.54. The van der Waals surface area contributed by atoms with Crippen LogP contribution >= 0.6 is 11.6 Å². The fourth-order valence-corrected chi connectivity index (χ4v) is 0.950. The van der Waals surface area contributed by atoms with Crippen molar-refractivity contribution in [1.29, 1.82) is 0 Å². The Hall–Kier alpha value is -0.810. The molecule has 0 aliphatic rings. The summed E-state index contributed by atoms with van der Waals surface area (Å²) in [6, 6.07) is -0.516. The first-order chi connectivity index (χ1) is 7.06. The summed E-state index contributed by atoms with van der Waals surface area (Å²) >= 11 is 5.33. The van der Waals surface area contributed by atoms with E-state index in [0.29, 0.717) is 13.2 Å². The molecule has 0 saturated heterocycles. The molecule has 0 aliphatic heterocycles. The highest BCUT2D eigenvalue weighted by molar-refractivity contribution is 6.19. The molecule has 0 unspecified atom stereocenters. The van der Waals surface area contributed by atoms with E-state index >= 15 is 0 Å². The lowest BCUT2D eigenvalue weighted by atomic mass is 10.4. The molecule has 0 aromatic rings. The summed E-state index contributed by atoms with van der Waals surface area (Å²) in [4.78, 5) is 21.9. The number of rotatable bonds is 6. The van der Waals surface area contributed by atoms with Crippen LogP contribution < -0.4 is 10.6 Å². The zero-order valence-electron chi connectivity index (χ0n) is 9.01. The van der Waals surface area contributed by atoms with E-state index in [-0.39, 0.29) is 24.3 Å². The van der Waals surface area contributed by atoms with Gasteiger partial charge in [-0.25, -0.2) is 4.79 Å². The number of carbonyl (C=O) groups is 2. The van der Waals surface area contributed by atoms with Crippen molar-refractivity contribution in [1.82, 2.24) is 10.6 Å². The number of imide groups is 1. The first-order valence-electron chi connectivity index (χ1n) is 4.81. The van der Waals surface area contributed by atoms with Gasteiger partial charge in [-0.15, -0.1) is 11.6 Å². The smallest absolute Gasteiger partial charge is 0.321 e. The van der Waals surface area contributed by atoms with Gasteiger partial charge in [0.1, 0.15) is 0 Å². The second kappa shape index (κ2) is 8.49. The number of carbonyl (C=O) groups excluding carboxylic acids is 2. The van der Waals surface area contributed by atoms with Crippen LogP contribution in [0.2, 0.25) is 0 Å². The molecule has 0 heterocycles. The fourth-order valence-electron chi connectivity index (χ4n) is 0.778. The molecule has 0 fully saturated rings. The van der Waals surface area contributed by atoms with Gasteiger partial charge >= 0.3 is 6.03 Å². The Balaban J connectivity index is 3.45. The van der Waals surface area contributed by atoms with Gasteiger partial charge in [-0.1, -0.05) is 0 Å². The maximum Gasteiger partial charge on any atom is 0.321 e. The molecule has 2 N–H and O–H groups in total. The first-order valence-corrected chi connectivity index (χ1v) is 5.35. The van der Waals surface area contributed by atoms with Crippen LogP contribution in [0.1, 0.15) is 20.3 Å². The molecule has 88 valence electrons. The number of halogens is 1. The zero-order chi connectivity index (χ0) is 11.7. The zero-order valence-corrected chi connectivity index (χ0v) is 9.76. The van der Waals surface area contributed by atoms with E-state index in [1.807, 2.05) is 13.8 Å². The van der Waals surface area contributed by atoms with Crippen LogP contribution in [0.15, 0.2) is 0 Å². The molecule has 0 atom stereocenters. The average Bonchev–Trinajstić information content (AvgIpc) is 2.12. The summed E-state index contributed by atoms with van der Waals surface area (Å²) in [6.07, 6.45) is 0.269. The number of hydrogen-bond acceptors (Lipinski definition) is 3. The molecule has 0 rings (SSSR count). The topological polar surface area (TPSA) is 67.4 Å². The van der Waals surface area contributed by atoms with E-state index in [2.05, 4.69) is 10.6 Å². The molecule has 0 radical (unpaired) electrons. The van der Waals surface area contributed by atoms with Crippen molar-refractivity contribution in [2.45, 2.75) is 26.4 Å². The van der Waals surface area contributed by atoms with Crippen LogP contribution in [0.25, 0.3) is 0 Å². The summed E-state index contributed by atoms with van der Waals surface area (Å²) < 4.78 is 5.20. The molecule has 6 heteroatoms. The third-order valence-corrected chi connectivity index (χ3v) is 1.60. The number of amides is 3. The van der Waals surface area contributed by atoms with Gasteiger partial charge in [0.15, 0.2) is 0 Å². The maximum atomic E-state index is 11.0. The van der Waals surface area contributed by atoms with E-state index in [4.69, 9.17) is 16.3 Å². The highest BCUT2D eigenvalue weighted by Crippen LogP contribution is 1.85. The second-order valence-electron chi connectivity index (χ2n) is 3.16. The van der Waals surface area contributed by atoms with Crippen molar-refractivity contribution >= 4 is 23.5 Å². The van der Waals surface area contributed by atoms with E-state index in [1.165, 1.54) is 0 Å². The molecule has 5 nitrogen and oxygen atoms in total. The number of nitrogens with one attached hydrogen (secondary N) is 2. The Morgan fingerprint density at radius 1 is 1.40 bits per heavy atom. The highest BCUT2D eigenvalue weighted by Gasteiger charge is 2.05. The molecule has 0 spiro atoms. The van der Waals surface area contributed by atoms with Crippen LogP contribution in [-0.4, -0.2) is 37.1 Å². The predicted octanol–water partition coefficient (Wildman–Crippen LogP) is 0.866. The van der Waals surface area contributed by atoms with Gasteiger partial charge in [0.2, 0.25) is 5.91 Å². The van der Waals surface area contributed by atoms with Crippen LogP contribution in [0, 0.1) is 0 Å². The number of ether oxygens (including phenoxy) is 1. The third-order valence-electron chi connectivity index (χ3n) is 1.41. The lowest BCUT2D eigenvalue weighted by Crippen LogP contribution is -2.41. The van der Waals surface area contributed by atoms with Crippen molar-refractivity contribution in [3.05, 3.63) is 0 Å². The molecule has 0 aliphatic carbocycles. The predicted molar refractivity (Wildman–Crippen MR) is 58.0 cm³/mol. The summed E-state index contributed by atoms with van der Waals surface area (Å²) in [5, 5.41) is 4.63. The van der Waals surface area contributed by atoms with Gasteiger partial charge in [0, 0.05) is 18.8 Å². The number of hydrogen-bond donors (Lipinski definition) is 2. The summed E-state index contributed by atoms with van der Waals surface area (Å²) in [6.45, 7) is 4.61. The van der Waals surface area contributed by atoms with Crippen molar-refractivity contribution in [3.63, 3.8) is 0 Å². The fraction of sp³-hybridized carbons (Fsp3) is 0.778. The molecular weight excluding hydrogens is 220 g/mol. The SMILES string of the molecule is CC(C)OCCNC(=O)NC(=O)CCCl. The molecule has 15 heavy (non-hydrogen) atoms. The quantitative estimate of drug-likeness (QED) is 0.531. The van der Waals surface area contributed by atoms with E-state index in [0.717, 1.165) is 0 Å². The summed E-state index contributed by atoms with van der Waals surface area (Å²) in [5.74, 6) is -0.178. The monoisotopic (exact) mass is 236 g/mol. The minimum atomic E-state index is -0.516. The van der Waals surface area contributed by atoms with E-state index < -0.39 is 6.03 Å². The largest absolute Gasteiger partial charge is 0.377 e. The third kappa shape index (κ3) is 9.49. The van der Waals surface area contributed by atoms with Crippen LogP contribution in [0.3, 0.4) is 0 Å². The summed E-state index contributed by atoms with van der Waals surface area (Å²) in [7, 11) is 0. The first kappa shape index (κ1) is 14.2. The number of alkyl halides is 1. The average molecular weight is 237 g/mol. The molecule has 0 saturated carbocycles. The Bertz CT molecular complexity index is 210. The molecule has 0 aromatic heterocycles. The van der Waals surface area contributed by atoms with Gasteiger partial charge in [-0.3, -0.25) is 10.1 Å². The lowest BCUT2D eigenvalue weighted by Gasteiger charge is -2.08. The van der Waals surface area contributed by atoms with Crippen LogP contribution in [-0.2, 0) is 9.53 Å². The van der Waals surface area contributed by atoms with Crippen LogP contribution in [0.5, 0.6) is 0 Å².